The molecule has 3 aromatic rings. The third-order valence-electron chi connectivity index (χ3n) is 3.11. The number of benzene rings is 1. The summed E-state index contributed by atoms with van der Waals surface area (Å²) >= 11 is 1.43. The van der Waals surface area contributed by atoms with Crippen LogP contribution in [-0.2, 0) is 11.2 Å². The average molecular weight is 312 g/mol. The molecule has 5 nitrogen and oxygen atoms in total. The summed E-state index contributed by atoms with van der Waals surface area (Å²) in [5, 5.41) is 3.75. The Morgan fingerprint density at radius 1 is 1.18 bits per heavy atom. The summed E-state index contributed by atoms with van der Waals surface area (Å²) in [6, 6.07) is 13.6. The number of para-hydroxylation sites is 2. The van der Waals surface area contributed by atoms with Crippen molar-refractivity contribution in [1.29, 1.82) is 0 Å². The predicted molar refractivity (Wildman–Crippen MR) is 87.8 cm³/mol. The Balaban J connectivity index is 1.43. The Hall–Kier alpha value is -2.34. The van der Waals surface area contributed by atoms with Crippen molar-refractivity contribution in [2.45, 2.75) is 11.4 Å². The van der Waals surface area contributed by atoms with Gasteiger partial charge in [0.15, 0.2) is 0 Å². The van der Waals surface area contributed by atoms with E-state index in [1.54, 1.807) is 6.20 Å². The molecule has 2 heterocycles. The quantitative estimate of drug-likeness (QED) is 0.686. The molecule has 3 rings (SSSR count). The predicted octanol–water partition coefficient (Wildman–Crippen LogP) is 2.41. The van der Waals surface area contributed by atoms with E-state index in [0.29, 0.717) is 18.7 Å². The van der Waals surface area contributed by atoms with Crippen LogP contribution in [0.15, 0.2) is 53.7 Å². The van der Waals surface area contributed by atoms with Crippen LogP contribution in [0.1, 0.15) is 5.82 Å². The van der Waals surface area contributed by atoms with E-state index < -0.39 is 0 Å². The molecule has 22 heavy (non-hydrogen) atoms. The molecular weight excluding hydrogens is 296 g/mol. The fraction of sp³-hybridized carbons (Fsp3) is 0.188. The Labute approximate surface area is 132 Å². The van der Waals surface area contributed by atoms with E-state index in [2.05, 4.69) is 20.3 Å². The normalized spacial score (nSPS) is 10.7. The first kappa shape index (κ1) is 14.6. The Bertz CT molecular complexity index is 724. The van der Waals surface area contributed by atoms with Gasteiger partial charge in [-0.1, -0.05) is 30.0 Å². The maximum atomic E-state index is 11.8. The zero-order valence-corrected chi connectivity index (χ0v) is 12.8. The van der Waals surface area contributed by atoms with Gasteiger partial charge in [0.25, 0.3) is 0 Å². The van der Waals surface area contributed by atoms with Crippen LogP contribution in [0.5, 0.6) is 0 Å². The van der Waals surface area contributed by atoms with Gasteiger partial charge in [-0.25, -0.2) is 9.97 Å². The maximum Gasteiger partial charge on any atom is 0.230 e. The molecule has 0 radical (unpaired) electrons. The van der Waals surface area contributed by atoms with Gasteiger partial charge in [-0.3, -0.25) is 4.79 Å². The van der Waals surface area contributed by atoms with Gasteiger partial charge in [0, 0.05) is 19.2 Å². The second kappa shape index (κ2) is 7.09. The zero-order chi connectivity index (χ0) is 15.2. The Kier molecular flexibility index (Phi) is 4.70. The molecule has 1 aromatic carbocycles. The van der Waals surface area contributed by atoms with Crippen molar-refractivity contribution in [3.05, 3.63) is 54.5 Å². The number of hydrogen-bond donors (Lipinski definition) is 2. The topological polar surface area (TPSA) is 70.7 Å². The first-order valence-corrected chi connectivity index (χ1v) is 8.04. The Morgan fingerprint density at radius 2 is 2.05 bits per heavy atom. The second-order valence-electron chi connectivity index (χ2n) is 4.76. The third kappa shape index (κ3) is 3.85. The summed E-state index contributed by atoms with van der Waals surface area (Å²) in [6.45, 7) is 0.571. The van der Waals surface area contributed by atoms with Crippen LogP contribution in [0.2, 0.25) is 0 Å². The van der Waals surface area contributed by atoms with Gasteiger partial charge in [0.2, 0.25) is 5.91 Å². The molecule has 0 unspecified atom stereocenters. The highest BCUT2D eigenvalue weighted by molar-refractivity contribution is 7.99. The lowest BCUT2D eigenvalue weighted by Crippen LogP contribution is -2.27. The van der Waals surface area contributed by atoms with Crippen LogP contribution in [0.3, 0.4) is 0 Å². The molecule has 112 valence electrons. The molecule has 0 aliphatic carbocycles. The smallest absolute Gasteiger partial charge is 0.230 e. The molecule has 0 saturated carbocycles. The van der Waals surface area contributed by atoms with E-state index in [4.69, 9.17) is 0 Å². The monoisotopic (exact) mass is 312 g/mol. The molecule has 6 heteroatoms. The minimum atomic E-state index is 0.00626. The highest BCUT2D eigenvalue weighted by Gasteiger charge is 2.05. The number of imidazole rings is 1. The van der Waals surface area contributed by atoms with Crippen LogP contribution in [0.25, 0.3) is 11.0 Å². The van der Waals surface area contributed by atoms with E-state index in [9.17, 15) is 4.79 Å². The van der Waals surface area contributed by atoms with Crippen LogP contribution >= 0.6 is 11.8 Å². The summed E-state index contributed by atoms with van der Waals surface area (Å²) in [6.07, 6.45) is 2.41. The number of carbonyl (C=O) groups is 1. The first-order valence-electron chi connectivity index (χ1n) is 7.05. The van der Waals surface area contributed by atoms with Crippen LogP contribution in [0.4, 0.5) is 0 Å². The number of hydrogen-bond acceptors (Lipinski definition) is 4. The third-order valence-corrected chi connectivity index (χ3v) is 4.06. The van der Waals surface area contributed by atoms with Crippen LogP contribution < -0.4 is 5.32 Å². The van der Waals surface area contributed by atoms with Gasteiger partial charge in [-0.2, -0.15) is 0 Å². The number of amides is 1. The SMILES string of the molecule is O=C(CSc1ccccn1)NCCc1nc2ccccc2[nH]1. The number of H-pyrrole nitrogens is 1. The van der Waals surface area contributed by atoms with Crippen molar-refractivity contribution >= 4 is 28.7 Å². The fourth-order valence-corrected chi connectivity index (χ4v) is 2.76. The largest absolute Gasteiger partial charge is 0.355 e. The summed E-state index contributed by atoms with van der Waals surface area (Å²) < 4.78 is 0. The van der Waals surface area contributed by atoms with Gasteiger partial charge < -0.3 is 10.3 Å². The molecule has 2 N–H and O–H groups in total. The van der Waals surface area contributed by atoms with E-state index in [0.717, 1.165) is 21.9 Å². The standard InChI is InChI=1S/C16H16N4OS/c21-15(11-22-16-7-3-4-9-18-16)17-10-8-14-19-12-5-1-2-6-13(12)20-14/h1-7,9H,8,10-11H2,(H,17,21)(H,19,20). The van der Waals surface area contributed by atoms with E-state index >= 15 is 0 Å². The first-order chi connectivity index (χ1) is 10.8. The molecular formula is C16H16N4OS. The fourth-order valence-electron chi connectivity index (χ4n) is 2.07. The summed E-state index contributed by atoms with van der Waals surface area (Å²) in [5.74, 6) is 1.27. The number of nitrogens with one attached hydrogen (secondary N) is 2. The van der Waals surface area contributed by atoms with Crippen molar-refractivity contribution in [2.75, 3.05) is 12.3 Å². The molecule has 2 aromatic heterocycles. The van der Waals surface area contributed by atoms with Gasteiger partial charge in [-0.05, 0) is 24.3 Å². The lowest BCUT2D eigenvalue weighted by molar-refractivity contribution is -0.118. The van der Waals surface area contributed by atoms with Crippen molar-refractivity contribution in [3.8, 4) is 0 Å². The second-order valence-corrected chi connectivity index (χ2v) is 5.75. The number of aromatic nitrogens is 3. The molecule has 0 aliphatic rings. The maximum absolute atomic E-state index is 11.8. The number of nitrogens with zero attached hydrogens (tertiary/aromatic N) is 2. The molecule has 0 fully saturated rings. The van der Waals surface area contributed by atoms with Crippen LogP contribution in [-0.4, -0.2) is 33.2 Å². The summed E-state index contributed by atoms with van der Waals surface area (Å²) in [5.41, 5.74) is 1.98. The van der Waals surface area contributed by atoms with Crippen LogP contribution in [0, 0.1) is 0 Å². The molecule has 0 spiro atoms. The summed E-state index contributed by atoms with van der Waals surface area (Å²) in [7, 11) is 0. The van der Waals surface area contributed by atoms with Crippen molar-refractivity contribution in [2.24, 2.45) is 0 Å². The number of thioether (sulfide) groups is 1. The zero-order valence-electron chi connectivity index (χ0n) is 12.0. The van der Waals surface area contributed by atoms with E-state index in [1.807, 2.05) is 42.5 Å². The highest BCUT2D eigenvalue weighted by Crippen LogP contribution is 2.13. The average Bonchev–Trinajstić information content (AvgIpc) is 2.96. The lowest BCUT2D eigenvalue weighted by atomic mass is 10.3. The number of aromatic amines is 1. The van der Waals surface area contributed by atoms with Gasteiger partial charge in [0.1, 0.15) is 5.82 Å². The highest BCUT2D eigenvalue weighted by atomic mass is 32.2. The number of pyridine rings is 1. The molecule has 0 atom stereocenters. The number of fused-ring (bicyclic) bond motifs is 1. The molecule has 1 amide bonds. The van der Waals surface area contributed by atoms with Gasteiger partial charge in [-0.15, -0.1) is 0 Å². The minimum Gasteiger partial charge on any atom is -0.355 e. The molecule has 0 aliphatic heterocycles. The van der Waals surface area contributed by atoms with Crippen molar-refractivity contribution in [1.82, 2.24) is 20.3 Å². The van der Waals surface area contributed by atoms with Crippen molar-refractivity contribution in [3.63, 3.8) is 0 Å². The van der Waals surface area contributed by atoms with E-state index in [-0.39, 0.29) is 5.91 Å². The van der Waals surface area contributed by atoms with E-state index in [1.165, 1.54) is 11.8 Å². The van der Waals surface area contributed by atoms with Crippen molar-refractivity contribution < 1.29 is 4.79 Å². The number of carbonyl (C=O) groups excluding carboxylic acids is 1. The molecule has 0 bridgehead atoms. The van der Waals surface area contributed by atoms with Gasteiger partial charge in [0.05, 0.1) is 21.8 Å². The molecule has 0 saturated heterocycles. The summed E-state index contributed by atoms with van der Waals surface area (Å²) in [4.78, 5) is 23.7. The minimum absolute atomic E-state index is 0.00626. The van der Waals surface area contributed by atoms with Gasteiger partial charge >= 0.3 is 0 Å². The number of rotatable bonds is 6. The lowest BCUT2D eigenvalue weighted by Gasteiger charge is -2.03. The Morgan fingerprint density at radius 3 is 2.86 bits per heavy atom.